The van der Waals surface area contributed by atoms with E-state index in [0.29, 0.717) is 24.4 Å². The zero-order valence-electron chi connectivity index (χ0n) is 15.2. The molecule has 1 aliphatic heterocycles. The normalized spacial score (nSPS) is 15.2. The van der Waals surface area contributed by atoms with Gasteiger partial charge in [0.2, 0.25) is 0 Å². The lowest BCUT2D eigenvalue weighted by Gasteiger charge is -2.25. The van der Waals surface area contributed by atoms with Gasteiger partial charge in [-0.25, -0.2) is 0 Å². The first-order valence-electron chi connectivity index (χ1n) is 9.13. The van der Waals surface area contributed by atoms with Gasteiger partial charge in [-0.15, -0.1) is 0 Å². The van der Waals surface area contributed by atoms with Gasteiger partial charge in [0.1, 0.15) is 5.75 Å². The molecule has 6 heteroatoms. The second-order valence-corrected chi connectivity index (χ2v) is 6.71. The highest BCUT2D eigenvalue weighted by Crippen LogP contribution is 2.26. The zero-order chi connectivity index (χ0) is 19.3. The maximum atomic E-state index is 12.4. The Morgan fingerprint density at radius 2 is 1.79 bits per heavy atom. The number of hydrogen-bond donors (Lipinski definition) is 2. The van der Waals surface area contributed by atoms with Crippen molar-refractivity contribution in [1.29, 1.82) is 0 Å². The number of nitrogens with one attached hydrogen (secondary N) is 2. The summed E-state index contributed by atoms with van der Waals surface area (Å²) in [6.45, 7) is 1.14. The lowest BCUT2D eigenvalue weighted by atomic mass is 9.96. The number of rotatable bonds is 5. The van der Waals surface area contributed by atoms with Crippen LogP contribution in [0.15, 0.2) is 71.3 Å². The highest BCUT2D eigenvalue weighted by Gasteiger charge is 2.20. The molecule has 0 fully saturated rings. The molecule has 0 bridgehead atoms. The van der Waals surface area contributed by atoms with E-state index in [1.165, 1.54) is 11.8 Å². The molecule has 2 amide bonds. The fraction of sp³-hybridized carbons (Fsp3) is 0.182. The molecule has 4 rings (SSSR count). The molecule has 2 heterocycles. The number of ether oxygens (including phenoxy) is 1. The Kier molecular flexibility index (Phi) is 5.10. The number of hydrogen-bond acceptors (Lipinski definition) is 4. The summed E-state index contributed by atoms with van der Waals surface area (Å²) < 4.78 is 10.8. The molecule has 0 saturated heterocycles. The Bertz CT molecular complexity index is 964. The van der Waals surface area contributed by atoms with Crippen molar-refractivity contribution in [2.45, 2.75) is 6.42 Å². The third-order valence-corrected chi connectivity index (χ3v) is 4.66. The van der Waals surface area contributed by atoms with Gasteiger partial charge in [0, 0.05) is 23.7 Å². The number of fused-ring (bicyclic) bond motifs is 1. The van der Waals surface area contributed by atoms with Crippen LogP contribution in [-0.2, 0) is 6.42 Å². The monoisotopic (exact) mass is 376 g/mol. The van der Waals surface area contributed by atoms with E-state index >= 15 is 0 Å². The van der Waals surface area contributed by atoms with Crippen molar-refractivity contribution in [3.05, 3.63) is 83.8 Å². The summed E-state index contributed by atoms with van der Waals surface area (Å²) in [7, 11) is 0. The largest absolute Gasteiger partial charge is 0.493 e. The van der Waals surface area contributed by atoms with Crippen molar-refractivity contribution < 1.29 is 18.7 Å². The number of carbonyl (C=O) groups excluding carboxylic acids is 2. The summed E-state index contributed by atoms with van der Waals surface area (Å²) in [5.74, 6) is 0.920. The molecule has 1 atom stereocenters. The van der Waals surface area contributed by atoms with E-state index in [2.05, 4.69) is 16.7 Å². The Hall–Kier alpha value is -3.54. The number of anilines is 1. The molecule has 2 aromatic carbocycles. The van der Waals surface area contributed by atoms with Crippen molar-refractivity contribution in [3.8, 4) is 5.75 Å². The number of benzene rings is 2. The first-order valence-corrected chi connectivity index (χ1v) is 9.13. The average Bonchev–Trinajstić information content (AvgIpc) is 3.27. The number of furan rings is 1. The lowest BCUT2D eigenvalue weighted by Crippen LogP contribution is -2.34. The fourth-order valence-corrected chi connectivity index (χ4v) is 3.17. The van der Waals surface area contributed by atoms with Gasteiger partial charge < -0.3 is 19.8 Å². The van der Waals surface area contributed by atoms with Crippen LogP contribution in [-0.4, -0.2) is 25.0 Å². The Morgan fingerprint density at radius 1 is 0.964 bits per heavy atom. The van der Waals surface area contributed by atoms with E-state index in [-0.39, 0.29) is 23.5 Å². The van der Waals surface area contributed by atoms with Crippen LogP contribution in [0.2, 0.25) is 0 Å². The molecule has 1 aromatic heterocycles. The minimum atomic E-state index is -0.334. The molecule has 0 spiro atoms. The van der Waals surface area contributed by atoms with Crippen LogP contribution >= 0.6 is 0 Å². The van der Waals surface area contributed by atoms with Gasteiger partial charge in [0.25, 0.3) is 11.8 Å². The van der Waals surface area contributed by atoms with Gasteiger partial charge in [0.05, 0.1) is 12.9 Å². The van der Waals surface area contributed by atoms with Crippen molar-refractivity contribution in [3.63, 3.8) is 0 Å². The summed E-state index contributed by atoms with van der Waals surface area (Å²) in [6.07, 6.45) is 2.33. The molecule has 0 saturated carbocycles. The van der Waals surface area contributed by atoms with E-state index < -0.39 is 0 Å². The van der Waals surface area contributed by atoms with E-state index in [1.54, 1.807) is 36.4 Å². The fourth-order valence-electron chi connectivity index (χ4n) is 3.17. The number of para-hydroxylation sites is 1. The van der Waals surface area contributed by atoms with E-state index in [4.69, 9.17) is 9.15 Å². The minimum Gasteiger partial charge on any atom is -0.493 e. The van der Waals surface area contributed by atoms with Crippen LogP contribution in [0.3, 0.4) is 0 Å². The molecule has 28 heavy (non-hydrogen) atoms. The summed E-state index contributed by atoms with van der Waals surface area (Å²) in [5.41, 5.74) is 2.30. The summed E-state index contributed by atoms with van der Waals surface area (Å²) >= 11 is 0. The molecule has 0 aliphatic carbocycles. The van der Waals surface area contributed by atoms with E-state index in [1.807, 2.05) is 18.2 Å². The molecular formula is C22H20N2O4. The van der Waals surface area contributed by atoms with Crippen LogP contribution in [0.1, 0.15) is 26.5 Å². The first-order chi connectivity index (χ1) is 13.7. The highest BCUT2D eigenvalue weighted by atomic mass is 16.5. The average molecular weight is 376 g/mol. The lowest BCUT2D eigenvalue weighted by molar-refractivity contribution is 0.0938. The second kappa shape index (κ2) is 8.00. The van der Waals surface area contributed by atoms with Crippen LogP contribution in [0, 0.1) is 5.92 Å². The van der Waals surface area contributed by atoms with Gasteiger partial charge in [-0.05, 0) is 54.4 Å². The molecule has 142 valence electrons. The molecule has 6 nitrogen and oxygen atoms in total. The van der Waals surface area contributed by atoms with Crippen LogP contribution < -0.4 is 15.4 Å². The van der Waals surface area contributed by atoms with Crippen molar-refractivity contribution in [2.24, 2.45) is 5.92 Å². The van der Waals surface area contributed by atoms with Gasteiger partial charge in [-0.2, -0.15) is 0 Å². The Morgan fingerprint density at radius 3 is 2.57 bits per heavy atom. The predicted octanol–water partition coefficient (Wildman–Crippen LogP) is 3.51. The molecule has 1 aliphatic rings. The van der Waals surface area contributed by atoms with Crippen LogP contribution in [0.4, 0.5) is 5.69 Å². The second-order valence-electron chi connectivity index (χ2n) is 6.71. The molecule has 1 unspecified atom stereocenters. The predicted molar refractivity (Wildman–Crippen MR) is 105 cm³/mol. The standard InChI is InChI=1S/C22H20N2O4/c25-21(23-13-15-12-17-4-1-2-5-19(17)28-14-15)16-7-9-18(10-8-16)24-22(26)20-6-3-11-27-20/h1-11,15H,12-14H2,(H,23,25)(H,24,26). The summed E-state index contributed by atoms with van der Waals surface area (Å²) in [5, 5.41) is 5.68. The smallest absolute Gasteiger partial charge is 0.291 e. The molecular weight excluding hydrogens is 356 g/mol. The quantitative estimate of drug-likeness (QED) is 0.714. The maximum Gasteiger partial charge on any atom is 0.291 e. The van der Waals surface area contributed by atoms with Gasteiger partial charge in [-0.3, -0.25) is 9.59 Å². The minimum absolute atomic E-state index is 0.150. The van der Waals surface area contributed by atoms with Crippen molar-refractivity contribution in [1.82, 2.24) is 5.32 Å². The molecule has 0 radical (unpaired) electrons. The summed E-state index contributed by atoms with van der Waals surface area (Å²) in [4.78, 5) is 24.4. The molecule has 3 aromatic rings. The SMILES string of the molecule is O=C(NCC1COc2ccccc2C1)c1ccc(NC(=O)c2ccco2)cc1. The Labute approximate surface area is 162 Å². The zero-order valence-corrected chi connectivity index (χ0v) is 15.2. The number of amides is 2. The maximum absolute atomic E-state index is 12.4. The van der Waals surface area contributed by atoms with Gasteiger partial charge in [-0.1, -0.05) is 18.2 Å². The molecule has 2 N–H and O–H groups in total. The van der Waals surface area contributed by atoms with Crippen LogP contribution in [0.25, 0.3) is 0 Å². The van der Waals surface area contributed by atoms with Gasteiger partial charge in [0.15, 0.2) is 5.76 Å². The van der Waals surface area contributed by atoms with E-state index in [9.17, 15) is 9.59 Å². The third kappa shape index (κ3) is 4.06. The third-order valence-electron chi connectivity index (χ3n) is 4.66. The Balaban J connectivity index is 1.30. The topological polar surface area (TPSA) is 80.6 Å². The van der Waals surface area contributed by atoms with Crippen molar-refractivity contribution in [2.75, 3.05) is 18.5 Å². The van der Waals surface area contributed by atoms with Crippen LogP contribution in [0.5, 0.6) is 5.75 Å². The number of carbonyl (C=O) groups is 2. The van der Waals surface area contributed by atoms with Crippen molar-refractivity contribution >= 4 is 17.5 Å². The van der Waals surface area contributed by atoms with Gasteiger partial charge >= 0.3 is 0 Å². The highest BCUT2D eigenvalue weighted by molar-refractivity contribution is 6.02. The van der Waals surface area contributed by atoms with E-state index in [0.717, 1.165) is 12.2 Å². The first kappa shape index (κ1) is 17.9. The summed E-state index contributed by atoms with van der Waals surface area (Å²) in [6, 6.07) is 18.0.